The van der Waals surface area contributed by atoms with Gasteiger partial charge in [-0.2, -0.15) is 0 Å². The number of fused-ring (bicyclic) bond motifs is 1. The maximum Gasteiger partial charge on any atom is 0.0344 e. The van der Waals surface area contributed by atoms with Crippen LogP contribution in [0.3, 0.4) is 0 Å². The minimum atomic E-state index is 0.872. The Labute approximate surface area is 91.4 Å². The summed E-state index contributed by atoms with van der Waals surface area (Å²) in [6, 6.07) is 6.56. The van der Waals surface area contributed by atoms with Gasteiger partial charge in [0.05, 0.1) is 0 Å². The van der Waals surface area contributed by atoms with E-state index < -0.39 is 0 Å². The van der Waals surface area contributed by atoms with Crippen LogP contribution >= 0.6 is 0 Å². The van der Waals surface area contributed by atoms with E-state index in [9.17, 15) is 0 Å². The molecule has 0 aliphatic carbocycles. The number of rotatable bonds is 1. The lowest BCUT2D eigenvalue weighted by Crippen LogP contribution is -2.26. The van der Waals surface area contributed by atoms with Crippen molar-refractivity contribution in [3.8, 4) is 0 Å². The lowest BCUT2D eigenvalue weighted by Gasteiger charge is -2.25. The molecule has 0 fully saturated rings. The van der Waals surface area contributed by atoms with E-state index in [1.165, 1.54) is 11.1 Å². The van der Waals surface area contributed by atoms with Crippen molar-refractivity contribution in [2.45, 2.75) is 19.9 Å². The quantitative estimate of drug-likeness (QED) is 0.754. The minimum Gasteiger partial charge on any atom is -0.399 e. The first-order chi connectivity index (χ1) is 7.20. The van der Waals surface area contributed by atoms with Crippen molar-refractivity contribution < 1.29 is 0 Å². The zero-order chi connectivity index (χ0) is 10.8. The molecule has 0 saturated heterocycles. The predicted molar refractivity (Wildman–Crippen MR) is 64.3 cm³/mol. The number of allylic oxidation sites excluding steroid dienone is 1. The molecular formula is C13H18N2. The summed E-state index contributed by atoms with van der Waals surface area (Å²) >= 11 is 0. The summed E-state index contributed by atoms with van der Waals surface area (Å²) in [4.78, 5) is 2.35. The first-order valence-electron chi connectivity index (χ1n) is 5.43. The van der Waals surface area contributed by atoms with Crippen LogP contribution in [0.1, 0.15) is 23.6 Å². The fraction of sp³-hybridized carbons (Fsp3) is 0.385. The van der Waals surface area contributed by atoms with E-state index in [2.05, 4.69) is 30.1 Å². The summed E-state index contributed by atoms with van der Waals surface area (Å²) in [6.07, 6.45) is 3.09. The van der Waals surface area contributed by atoms with Crippen LogP contribution in [0.2, 0.25) is 0 Å². The van der Waals surface area contributed by atoms with E-state index >= 15 is 0 Å². The molecule has 1 aromatic rings. The van der Waals surface area contributed by atoms with Crippen molar-refractivity contribution in [2.24, 2.45) is 5.73 Å². The fourth-order valence-electron chi connectivity index (χ4n) is 2.04. The van der Waals surface area contributed by atoms with Crippen molar-refractivity contribution in [1.29, 1.82) is 0 Å². The van der Waals surface area contributed by atoms with Gasteiger partial charge in [-0.1, -0.05) is 18.2 Å². The lowest BCUT2D eigenvalue weighted by atomic mass is 9.96. The van der Waals surface area contributed by atoms with Gasteiger partial charge >= 0.3 is 0 Å². The molecule has 80 valence electrons. The van der Waals surface area contributed by atoms with Crippen molar-refractivity contribution in [1.82, 2.24) is 4.90 Å². The monoisotopic (exact) mass is 202 g/mol. The van der Waals surface area contributed by atoms with Crippen LogP contribution < -0.4 is 5.73 Å². The highest BCUT2D eigenvalue weighted by atomic mass is 15.1. The highest BCUT2D eigenvalue weighted by Gasteiger charge is 2.13. The Kier molecular flexibility index (Phi) is 2.78. The molecule has 2 nitrogen and oxygen atoms in total. The second kappa shape index (κ2) is 4.07. The van der Waals surface area contributed by atoms with E-state index in [4.69, 9.17) is 5.73 Å². The minimum absolute atomic E-state index is 0.872. The van der Waals surface area contributed by atoms with E-state index in [-0.39, 0.29) is 0 Å². The van der Waals surface area contributed by atoms with Crippen LogP contribution in [0.4, 0.5) is 0 Å². The second-order valence-electron chi connectivity index (χ2n) is 4.22. The molecule has 2 N–H and O–H groups in total. The molecule has 0 radical (unpaired) electrons. The molecule has 15 heavy (non-hydrogen) atoms. The summed E-state index contributed by atoms with van der Waals surface area (Å²) < 4.78 is 0. The number of benzene rings is 1. The van der Waals surface area contributed by atoms with Crippen molar-refractivity contribution in [3.05, 3.63) is 41.0 Å². The molecule has 1 heterocycles. The third kappa shape index (κ3) is 2.05. The zero-order valence-electron chi connectivity index (χ0n) is 9.46. The summed E-state index contributed by atoms with van der Waals surface area (Å²) in [6.45, 7) is 4.18. The third-order valence-electron chi connectivity index (χ3n) is 3.05. The van der Waals surface area contributed by atoms with E-state index in [0.717, 1.165) is 30.8 Å². The number of hydrogen-bond donors (Lipinski definition) is 1. The van der Waals surface area contributed by atoms with Gasteiger partial charge in [0.15, 0.2) is 0 Å². The van der Waals surface area contributed by atoms with Gasteiger partial charge in [0.2, 0.25) is 0 Å². The highest BCUT2D eigenvalue weighted by Crippen LogP contribution is 2.21. The van der Waals surface area contributed by atoms with Gasteiger partial charge in [-0.3, -0.25) is 0 Å². The number of hydrogen-bond acceptors (Lipinski definition) is 2. The van der Waals surface area contributed by atoms with E-state index in [0.29, 0.717) is 0 Å². The Hall–Kier alpha value is -1.28. The molecule has 0 bridgehead atoms. The van der Waals surface area contributed by atoms with Crippen LogP contribution in [-0.4, -0.2) is 18.5 Å². The van der Waals surface area contributed by atoms with Gasteiger partial charge < -0.3 is 10.6 Å². The lowest BCUT2D eigenvalue weighted by molar-refractivity contribution is 0.313. The van der Waals surface area contributed by atoms with Gasteiger partial charge in [-0.05, 0) is 43.1 Å². The number of likely N-dealkylation sites (N-methyl/N-ethyl adjacent to an activating group) is 1. The molecule has 0 atom stereocenters. The predicted octanol–water partition coefficient (Wildman–Crippen LogP) is 1.99. The summed E-state index contributed by atoms with van der Waals surface area (Å²) in [5, 5.41) is 0. The Morgan fingerprint density at radius 1 is 1.40 bits per heavy atom. The number of nitrogens with two attached hydrogens (primary N) is 1. The first-order valence-corrected chi connectivity index (χ1v) is 5.43. The molecule has 0 amide bonds. The molecule has 0 unspecified atom stereocenters. The average Bonchev–Trinajstić information content (AvgIpc) is 2.27. The van der Waals surface area contributed by atoms with Gasteiger partial charge in [-0.25, -0.2) is 0 Å². The average molecular weight is 202 g/mol. The molecule has 1 aromatic carbocycles. The van der Waals surface area contributed by atoms with Gasteiger partial charge in [0.25, 0.3) is 0 Å². The molecule has 2 rings (SSSR count). The Balaban J connectivity index is 2.35. The summed E-state index contributed by atoms with van der Waals surface area (Å²) in [7, 11) is 2.16. The molecule has 1 aliphatic heterocycles. The van der Waals surface area contributed by atoms with Crippen LogP contribution in [-0.2, 0) is 13.0 Å². The van der Waals surface area contributed by atoms with Gasteiger partial charge in [0.1, 0.15) is 0 Å². The molecule has 0 spiro atoms. The third-order valence-corrected chi connectivity index (χ3v) is 3.05. The maximum absolute atomic E-state index is 5.91. The zero-order valence-corrected chi connectivity index (χ0v) is 9.46. The number of nitrogens with zero attached hydrogens (tertiary/aromatic N) is 1. The fourth-order valence-corrected chi connectivity index (χ4v) is 2.04. The second-order valence-corrected chi connectivity index (χ2v) is 4.22. The Morgan fingerprint density at radius 3 is 2.93 bits per heavy atom. The SMILES string of the molecule is C/C=C(/N)c1ccc2c(c1)CCN(C)C2. The van der Waals surface area contributed by atoms with Crippen molar-refractivity contribution >= 4 is 5.70 Å². The van der Waals surface area contributed by atoms with Crippen LogP contribution in [0.15, 0.2) is 24.3 Å². The normalized spacial score (nSPS) is 17.6. The first kappa shape index (κ1) is 10.2. The molecule has 0 saturated carbocycles. The summed E-state index contributed by atoms with van der Waals surface area (Å²) in [5.41, 5.74) is 10.8. The standard InChI is InChI=1S/C13H18N2/c1-3-13(14)11-4-5-12-9-15(2)7-6-10(12)8-11/h3-5,8H,6-7,9,14H2,1-2H3/b13-3+. The van der Waals surface area contributed by atoms with Crippen LogP contribution in [0.25, 0.3) is 5.70 Å². The van der Waals surface area contributed by atoms with Crippen molar-refractivity contribution in [2.75, 3.05) is 13.6 Å². The molecule has 1 aliphatic rings. The molecule has 0 aromatic heterocycles. The van der Waals surface area contributed by atoms with Gasteiger partial charge in [0, 0.05) is 18.8 Å². The molecule has 2 heteroatoms. The van der Waals surface area contributed by atoms with Gasteiger partial charge in [-0.15, -0.1) is 0 Å². The van der Waals surface area contributed by atoms with Crippen LogP contribution in [0.5, 0.6) is 0 Å². The van der Waals surface area contributed by atoms with E-state index in [1.807, 2.05) is 13.0 Å². The summed E-state index contributed by atoms with van der Waals surface area (Å²) in [5.74, 6) is 0. The largest absolute Gasteiger partial charge is 0.399 e. The Bertz CT molecular complexity index is 394. The maximum atomic E-state index is 5.91. The van der Waals surface area contributed by atoms with E-state index in [1.54, 1.807) is 0 Å². The molecular weight excluding hydrogens is 184 g/mol. The Morgan fingerprint density at radius 2 is 2.20 bits per heavy atom. The smallest absolute Gasteiger partial charge is 0.0344 e. The topological polar surface area (TPSA) is 29.3 Å². The van der Waals surface area contributed by atoms with Crippen LogP contribution in [0, 0.1) is 0 Å². The van der Waals surface area contributed by atoms with Crippen molar-refractivity contribution in [3.63, 3.8) is 0 Å². The highest BCUT2D eigenvalue weighted by molar-refractivity contribution is 5.63.